The molecule has 1 rings (SSSR count). The van der Waals surface area contributed by atoms with E-state index >= 15 is 0 Å². The van der Waals surface area contributed by atoms with E-state index in [-0.39, 0.29) is 11.5 Å². The summed E-state index contributed by atoms with van der Waals surface area (Å²) in [5.74, 6) is 0. The molecule has 0 heterocycles. The van der Waals surface area contributed by atoms with Gasteiger partial charge in [-0.25, -0.2) is 4.39 Å². The molecular weight excluding hydrogens is 155 g/mol. The van der Waals surface area contributed by atoms with Gasteiger partial charge in [-0.2, -0.15) is 0 Å². The monoisotopic (exact) mass is 166 g/mol. The minimum absolute atomic E-state index is 0.175. The Morgan fingerprint density at radius 3 is 2.70 bits per heavy atom. The van der Waals surface area contributed by atoms with Crippen LogP contribution in [0.15, 0.2) is 0 Å². The van der Waals surface area contributed by atoms with Gasteiger partial charge in [-0.1, -0.05) is 0 Å². The highest BCUT2D eigenvalue weighted by Gasteiger charge is 2.28. The molecule has 0 radical (unpaired) electrons. The fourth-order valence-electron chi connectivity index (χ4n) is 1.26. The van der Waals surface area contributed by atoms with E-state index in [2.05, 4.69) is 0 Å². The number of rotatable bonds is 1. The Balaban J connectivity index is 2.33. The maximum absolute atomic E-state index is 12.7. The molecule has 0 aromatic heterocycles. The summed E-state index contributed by atoms with van der Waals surface area (Å²) in [6.45, 7) is 0. The van der Waals surface area contributed by atoms with Gasteiger partial charge in [0.2, 0.25) is 0 Å². The lowest BCUT2D eigenvalue weighted by atomic mass is 9.96. The number of ether oxygens (including phenoxy) is 1. The lowest BCUT2D eigenvalue weighted by Gasteiger charge is -2.26. The molecule has 0 aliphatic heterocycles. The summed E-state index contributed by atoms with van der Waals surface area (Å²) in [4.78, 5) is 0. The van der Waals surface area contributed by atoms with Crippen LogP contribution in [0.25, 0.3) is 0 Å². The Kier molecular flexibility index (Phi) is 2.93. The zero-order valence-corrected chi connectivity index (χ0v) is 6.77. The molecule has 1 aliphatic carbocycles. The van der Waals surface area contributed by atoms with Crippen molar-refractivity contribution in [1.29, 1.82) is 0 Å². The average molecular weight is 167 g/mol. The van der Waals surface area contributed by atoms with Crippen molar-refractivity contribution in [2.24, 2.45) is 0 Å². The van der Waals surface area contributed by atoms with Crippen molar-refractivity contribution in [3.8, 4) is 0 Å². The van der Waals surface area contributed by atoms with Gasteiger partial charge in [0.1, 0.15) is 6.17 Å². The lowest BCUT2D eigenvalue weighted by molar-refractivity contribution is 0.0511. The second-order valence-corrected chi connectivity index (χ2v) is 3.26. The zero-order valence-electron chi connectivity index (χ0n) is 6.02. The van der Waals surface area contributed by atoms with E-state index in [1.807, 2.05) is 0 Å². The van der Waals surface area contributed by atoms with Crippen LogP contribution in [-0.4, -0.2) is 24.8 Å². The second-order valence-electron chi connectivity index (χ2n) is 2.70. The minimum Gasteiger partial charge on any atom is -0.381 e. The molecule has 3 unspecified atom stereocenters. The van der Waals surface area contributed by atoms with Crippen LogP contribution in [0.4, 0.5) is 4.39 Å². The molecule has 1 fully saturated rings. The van der Waals surface area contributed by atoms with E-state index in [4.69, 9.17) is 16.3 Å². The molecule has 10 heavy (non-hydrogen) atoms. The van der Waals surface area contributed by atoms with Crippen LogP contribution < -0.4 is 0 Å². The van der Waals surface area contributed by atoms with E-state index < -0.39 is 6.17 Å². The predicted octanol–water partition coefficient (Wildman–Crippen LogP) is 2.13. The number of methoxy groups -OCH3 is 1. The summed E-state index contributed by atoms with van der Waals surface area (Å²) in [5.41, 5.74) is 0. The van der Waals surface area contributed by atoms with Crippen molar-refractivity contribution < 1.29 is 9.13 Å². The summed E-state index contributed by atoms with van der Waals surface area (Å²) < 4.78 is 17.8. The highest BCUT2D eigenvalue weighted by Crippen LogP contribution is 2.27. The highest BCUT2D eigenvalue weighted by atomic mass is 35.5. The van der Waals surface area contributed by atoms with Crippen molar-refractivity contribution in [3.63, 3.8) is 0 Å². The SMILES string of the molecule is COC1CCC(F)C(Cl)C1. The first kappa shape index (κ1) is 8.28. The van der Waals surface area contributed by atoms with E-state index in [0.717, 1.165) is 6.42 Å². The van der Waals surface area contributed by atoms with E-state index in [0.29, 0.717) is 12.8 Å². The molecule has 1 aliphatic rings. The fourth-order valence-corrected chi connectivity index (χ4v) is 1.58. The molecule has 3 heteroatoms. The molecule has 3 atom stereocenters. The lowest BCUT2D eigenvalue weighted by Crippen LogP contribution is -2.30. The summed E-state index contributed by atoms with van der Waals surface area (Å²) in [6.07, 6.45) is 1.36. The molecule has 0 spiro atoms. The number of hydrogen-bond donors (Lipinski definition) is 0. The third-order valence-corrected chi connectivity index (χ3v) is 2.43. The average Bonchev–Trinajstić information content (AvgIpc) is 1.95. The molecule has 0 aromatic carbocycles. The summed E-state index contributed by atoms with van der Waals surface area (Å²) in [5, 5.41) is -0.335. The highest BCUT2D eigenvalue weighted by molar-refractivity contribution is 6.21. The molecule has 0 N–H and O–H groups in total. The summed E-state index contributed by atoms with van der Waals surface area (Å²) >= 11 is 5.69. The first-order valence-electron chi connectivity index (χ1n) is 3.55. The Hall–Kier alpha value is 0.180. The first-order valence-corrected chi connectivity index (χ1v) is 3.98. The third kappa shape index (κ3) is 1.83. The Morgan fingerprint density at radius 1 is 1.50 bits per heavy atom. The van der Waals surface area contributed by atoms with E-state index in [1.165, 1.54) is 0 Å². The Labute approximate surface area is 65.5 Å². The van der Waals surface area contributed by atoms with Crippen molar-refractivity contribution in [3.05, 3.63) is 0 Å². The zero-order chi connectivity index (χ0) is 7.56. The largest absolute Gasteiger partial charge is 0.381 e. The van der Waals surface area contributed by atoms with Crippen LogP contribution in [0.3, 0.4) is 0 Å². The molecular formula is C7H12ClFO. The van der Waals surface area contributed by atoms with Crippen LogP contribution in [0.1, 0.15) is 19.3 Å². The Bertz CT molecular complexity index is 110. The van der Waals surface area contributed by atoms with Crippen LogP contribution in [-0.2, 0) is 4.74 Å². The van der Waals surface area contributed by atoms with E-state index in [9.17, 15) is 4.39 Å². The molecule has 0 saturated heterocycles. The summed E-state index contributed by atoms with van der Waals surface area (Å²) in [6, 6.07) is 0. The van der Waals surface area contributed by atoms with Gasteiger partial charge in [-0.15, -0.1) is 11.6 Å². The standard InChI is InChI=1S/C7H12ClFO/c1-10-5-2-3-7(9)6(8)4-5/h5-7H,2-4H2,1H3. The quantitative estimate of drug-likeness (QED) is 0.543. The molecule has 1 nitrogen and oxygen atoms in total. The fraction of sp³-hybridized carbons (Fsp3) is 1.00. The molecule has 0 amide bonds. The smallest absolute Gasteiger partial charge is 0.117 e. The van der Waals surface area contributed by atoms with Crippen LogP contribution in [0.2, 0.25) is 0 Å². The van der Waals surface area contributed by atoms with Gasteiger partial charge in [0.15, 0.2) is 0 Å². The maximum Gasteiger partial charge on any atom is 0.117 e. The first-order chi connectivity index (χ1) is 4.74. The Morgan fingerprint density at radius 2 is 2.20 bits per heavy atom. The number of halogens is 2. The van der Waals surface area contributed by atoms with Gasteiger partial charge in [0.05, 0.1) is 11.5 Å². The van der Waals surface area contributed by atoms with Crippen molar-refractivity contribution in [1.82, 2.24) is 0 Å². The van der Waals surface area contributed by atoms with Crippen molar-refractivity contribution in [2.45, 2.75) is 36.9 Å². The summed E-state index contributed by atoms with van der Waals surface area (Å²) in [7, 11) is 1.65. The van der Waals surface area contributed by atoms with E-state index in [1.54, 1.807) is 7.11 Å². The molecule has 0 aromatic rings. The van der Waals surface area contributed by atoms with Crippen molar-refractivity contribution in [2.75, 3.05) is 7.11 Å². The van der Waals surface area contributed by atoms with Gasteiger partial charge in [0, 0.05) is 7.11 Å². The second kappa shape index (κ2) is 3.54. The topological polar surface area (TPSA) is 9.23 Å². The molecule has 0 bridgehead atoms. The maximum atomic E-state index is 12.7. The molecule has 60 valence electrons. The van der Waals surface area contributed by atoms with Crippen LogP contribution >= 0.6 is 11.6 Å². The van der Waals surface area contributed by atoms with Crippen LogP contribution in [0.5, 0.6) is 0 Å². The van der Waals surface area contributed by atoms with Crippen molar-refractivity contribution >= 4 is 11.6 Å². The van der Waals surface area contributed by atoms with Gasteiger partial charge >= 0.3 is 0 Å². The molecule has 1 saturated carbocycles. The normalized spacial score (nSPS) is 41.7. The number of hydrogen-bond acceptors (Lipinski definition) is 1. The van der Waals surface area contributed by atoms with Gasteiger partial charge in [-0.3, -0.25) is 0 Å². The third-order valence-electron chi connectivity index (χ3n) is 1.98. The minimum atomic E-state index is -0.826. The number of alkyl halides is 2. The van der Waals surface area contributed by atoms with Crippen LogP contribution in [0, 0.1) is 0 Å². The van der Waals surface area contributed by atoms with Gasteiger partial charge in [-0.05, 0) is 19.3 Å². The van der Waals surface area contributed by atoms with Gasteiger partial charge in [0.25, 0.3) is 0 Å². The predicted molar refractivity (Wildman–Crippen MR) is 39.2 cm³/mol. The van der Waals surface area contributed by atoms with Gasteiger partial charge < -0.3 is 4.74 Å².